The second-order valence-corrected chi connectivity index (χ2v) is 6.10. The van der Waals surface area contributed by atoms with Gasteiger partial charge in [-0.3, -0.25) is 4.79 Å². The van der Waals surface area contributed by atoms with Crippen LogP contribution in [0.3, 0.4) is 0 Å². The summed E-state index contributed by atoms with van der Waals surface area (Å²) in [5, 5.41) is 12.2. The molecule has 0 aromatic heterocycles. The normalized spacial score (nSPS) is 15.9. The first-order valence-electron chi connectivity index (χ1n) is 8.58. The number of rotatable bonds is 5. The number of para-hydroxylation sites is 1. The van der Waals surface area contributed by atoms with Crippen LogP contribution in [0.1, 0.15) is 18.1 Å². The standard InChI is InChI=1S/C22H20N2O2/c1-16-19(13-18-9-5-6-10-21(18)26-16)14-20(15-23)22(25)24-12-11-17-7-3-2-4-8-17/h2-10,13-14,16H,11-12H2,1H3,(H,24,25). The van der Waals surface area contributed by atoms with E-state index in [4.69, 9.17) is 4.74 Å². The van der Waals surface area contributed by atoms with Gasteiger partial charge >= 0.3 is 0 Å². The van der Waals surface area contributed by atoms with E-state index in [0.717, 1.165) is 28.9 Å². The average Bonchev–Trinajstić information content (AvgIpc) is 2.67. The summed E-state index contributed by atoms with van der Waals surface area (Å²) in [5.74, 6) is 0.443. The zero-order valence-electron chi connectivity index (χ0n) is 14.6. The average molecular weight is 344 g/mol. The van der Waals surface area contributed by atoms with E-state index in [1.807, 2.05) is 73.7 Å². The van der Waals surface area contributed by atoms with Crippen molar-refractivity contribution in [3.8, 4) is 11.8 Å². The topological polar surface area (TPSA) is 62.1 Å². The van der Waals surface area contributed by atoms with Crippen LogP contribution in [-0.2, 0) is 11.2 Å². The highest BCUT2D eigenvalue weighted by atomic mass is 16.5. The molecule has 0 aliphatic carbocycles. The highest BCUT2D eigenvalue weighted by Gasteiger charge is 2.19. The molecule has 1 unspecified atom stereocenters. The molecular formula is C22H20N2O2. The first-order valence-corrected chi connectivity index (χ1v) is 8.58. The molecule has 1 aliphatic heterocycles. The number of nitriles is 1. The van der Waals surface area contributed by atoms with Crippen LogP contribution in [-0.4, -0.2) is 18.6 Å². The number of nitrogens with one attached hydrogen (secondary N) is 1. The van der Waals surface area contributed by atoms with Crippen molar-refractivity contribution in [2.24, 2.45) is 0 Å². The monoisotopic (exact) mass is 344 g/mol. The number of ether oxygens (including phenoxy) is 1. The molecule has 0 fully saturated rings. The van der Waals surface area contributed by atoms with Crippen LogP contribution >= 0.6 is 0 Å². The largest absolute Gasteiger partial charge is 0.485 e. The molecule has 2 aromatic rings. The quantitative estimate of drug-likeness (QED) is 0.665. The maximum absolute atomic E-state index is 12.3. The molecule has 4 nitrogen and oxygen atoms in total. The van der Waals surface area contributed by atoms with Crippen LogP contribution in [0.2, 0.25) is 0 Å². The molecule has 130 valence electrons. The number of carbonyl (C=O) groups is 1. The minimum atomic E-state index is -0.365. The lowest BCUT2D eigenvalue weighted by Gasteiger charge is -2.23. The molecule has 3 rings (SSSR count). The molecule has 0 bridgehead atoms. The van der Waals surface area contributed by atoms with E-state index < -0.39 is 0 Å². The molecule has 26 heavy (non-hydrogen) atoms. The Labute approximate surface area is 153 Å². The van der Waals surface area contributed by atoms with Crippen molar-refractivity contribution >= 4 is 12.0 Å². The lowest BCUT2D eigenvalue weighted by molar-refractivity contribution is -0.117. The Morgan fingerprint density at radius 1 is 1.19 bits per heavy atom. The second kappa shape index (κ2) is 8.17. The number of amides is 1. The van der Waals surface area contributed by atoms with Gasteiger partial charge in [-0.1, -0.05) is 48.5 Å². The fraction of sp³-hybridized carbons (Fsp3) is 0.182. The Morgan fingerprint density at radius 2 is 1.92 bits per heavy atom. The van der Waals surface area contributed by atoms with Crippen molar-refractivity contribution in [3.05, 3.63) is 82.9 Å². The van der Waals surface area contributed by atoms with Gasteiger partial charge in [0.1, 0.15) is 23.5 Å². The van der Waals surface area contributed by atoms with E-state index in [9.17, 15) is 10.1 Å². The summed E-state index contributed by atoms with van der Waals surface area (Å²) in [6, 6.07) is 19.6. The molecule has 0 saturated carbocycles. The van der Waals surface area contributed by atoms with Gasteiger partial charge in [-0.25, -0.2) is 0 Å². The Balaban J connectivity index is 1.69. The van der Waals surface area contributed by atoms with Gasteiger partial charge in [-0.2, -0.15) is 5.26 Å². The van der Waals surface area contributed by atoms with Crippen LogP contribution in [0.4, 0.5) is 0 Å². The number of fused-ring (bicyclic) bond motifs is 1. The van der Waals surface area contributed by atoms with Crippen LogP contribution < -0.4 is 10.1 Å². The Hall–Kier alpha value is -3.32. The molecule has 2 aromatic carbocycles. The predicted octanol–water partition coefficient (Wildman–Crippen LogP) is 3.66. The van der Waals surface area contributed by atoms with Gasteiger partial charge in [0, 0.05) is 12.1 Å². The van der Waals surface area contributed by atoms with E-state index in [0.29, 0.717) is 6.54 Å². The van der Waals surface area contributed by atoms with Gasteiger partial charge in [0.2, 0.25) is 0 Å². The maximum Gasteiger partial charge on any atom is 0.261 e. The van der Waals surface area contributed by atoms with Crippen molar-refractivity contribution in [3.63, 3.8) is 0 Å². The zero-order chi connectivity index (χ0) is 18.4. The highest BCUT2D eigenvalue weighted by Crippen LogP contribution is 2.30. The van der Waals surface area contributed by atoms with Crippen LogP contribution in [0, 0.1) is 11.3 Å². The third-order valence-electron chi connectivity index (χ3n) is 4.23. The van der Waals surface area contributed by atoms with Gasteiger partial charge in [0.25, 0.3) is 5.91 Å². The van der Waals surface area contributed by atoms with Crippen molar-refractivity contribution in [2.45, 2.75) is 19.4 Å². The summed E-state index contributed by atoms with van der Waals surface area (Å²) in [5.41, 5.74) is 2.97. The molecule has 1 aliphatic rings. The Kier molecular flexibility index (Phi) is 5.50. The van der Waals surface area contributed by atoms with Gasteiger partial charge < -0.3 is 10.1 Å². The van der Waals surface area contributed by atoms with Crippen LogP contribution in [0.5, 0.6) is 5.75 Å². The summed E-state index contributed by atoms with van der Waals surface area (Å²) < 4.78 is 5.85. The molecule has 0 radical (unpaired) electrons. The Bertz CT molecular complexity index is 892. The third kappa shape index (κ3) is 4.20. The number of benzene rings is 2. The zero-order valence-corrected chi connectivity index (χ0v) is 14.6. The number of carbonyl (C=O) groups excluding carboxylic acids is 1. The fourth-order valence-corrected chi connectivity index (χ4v) is 2.80. The number of hydrogen-bond acceptors (Lipinski definition) is 3. The minimum Gasteiger partial charge on any atom is -0.485 e. The molecule has 1 N–H and O–H groups in total. The third-order valence-corrected chi connectivity index (χ3v) is 4.23. The molecule has 1 heterocycles. The van der Waals surface area contributed by atoms with Crippen molar-refractivity contribution in [2.75, 3.05) is 6.54 Å². The molecule has 0 saturated heterocycles. The summed E-state index contributed by atoms with van der Waals surface area (Å²) in [6.45, 7) is 2.39. The minimum absolute atomic E-state index is 0.0825. The molecular weight excluding hydrogens is 324 g/mol. The number of hydrogen-bond donors (Lipinski definition) is 1. The van der Waals surface area contributed by atoms with Crippen molar-refractivity contribution in [1.82, 2.24) is 5.32 Å². The van der Waals surface area contributed by atoms with Crippen LogP contribution in [0.25, 0.3) is 6.08 Å². The van der Waals surface area contributed by atoms with Gasteiger partial charge in [-0.15, -0.1) is 0 Å². The predicted molar refractivity (Wildman–Crippen MR) is 101 cm³/mol. The van der Waals surface area contributed by atoms with Crippen LogP contribution in [0.15, 0.2) is 71.8 Å². The molecule has 1 amide bonds. The smallest absolute Gasteiger partial charge is 0.261 e. The van der Waals surface area contributed by atoms with E-state index in [-0.39, 0.29) is 17.6 Å². The molecule has 0 spiro atoms. The summed E-state index contributed by atoms with van der Waals surface area (Å²) >= 11 is 0. The summed E-state index contributed by atoms with van der Waals surface area (Å²) in [6.07, 6.45) is 4.07. The fourth-order valence-electron chi connectivity index (χ4n) is 2.80. The molecule has 4 heteroatoms. The van der Waals surface area contributed by atoms with Crippen molar-refractivity contribution in [1.29, 1.82) is 5.26 Å². The van der Waals surface area contributed by atoms with E-state index in [1.165, 1.54) is 0 Å². The van der Waals surface area contributed by atoms with Gasteiger partial charge in [0.05, 0.1) is 0 Å². The highest BCUT2D eigenvalue weighted by molar-refractivity contribution is 5.98. The first-order chi connectivity index (χ1) is 12.7. The summed E-state index contributed by atoms with van der Waals surface area (Å²) in [4.78, 5) is 12.3. The summed E-state index contributed by atoms with van der Waals surface area (Å²) in [7, 11) is 0. The second-order valence-electron chi connectivity index (χ2n) is 6.10. The maximum atomic E-state index is 12.3. The van der Waals surface area contributed by atoms with Crippen molar-refractivity contribution < 1.29 is 9.53 Å². The lowest BCUT2D eigenvalue weighted by atomic mass is 10.0. The van der Waals surface area contributed by atoms with E-state index >= 15 is 0 Å². The SMILES string of the molecule is CC1Oc2ccccc2C=C1C=C(C#N)C(=O)NCCc1ccccc1. The van der Waals surface area contributed by atoms with Gasteiger partial charge in [0.15, 0.2) is 0 Å². The number of nitrogens with zero attached hydrogens (tertiary/aromatic N) is 1. The van der Waals surface area contributed by atoms with Gasteiger partial charge in [-0.05, 0) is 42.7 Å². The first kappa shape index (κ1) is 17.5. The molecule has 1 atom stereocenters. The van der Waals surface area contributed by atoms with E-state index in [2.05, 4.69) is 5.32 Å². The van der Waals surface area contributed by atoms with E-state index in [1.54, 1.807) is 6.08 Å². The Morgan fingerprint density at radius 3 is 2.69 bits per heavy atom. The lowest BCUT2D eigenvalue weighted by Crippen LogP contribution is -2.27.